The zero-order valence-electron chi connectivity index (χ0n) is 8.64. The van der Waals surface area contributed by atoms with Crippen LogP contribution in [-0.2, 0) is 9.53 Å². The van der Waals surface area contributed by atoms with Crippen LogP contribution >= 0.6 is 0 Å². The van der Waals surface area contributed by atoms with Crippen LogP contribution in [0.4, 0.5) is 13.2 Å². The predicted molar refractivity (Wildman–Crippen MR) is 47.8 cm³/mol. The maximum absolute atomic E-state index is 12.7. The van der Waals surface area contributed by atoms with Crippen molar-refractivity contribution in [3.63, 3.8) is 0 Å². The number of hydrogen-bond acceptors (Lipinski definition) is 2. The lowest BCUT2D eigenvalue weighted by molar-refractivity contribution is -0.286. The molecule has 0 bridgehead atoms. The van der Waals surface area contributed by atoms with E-state index < -0.39 is 23.0 Å². The fourth-order valence-corrected chi connectivity index (χ4v) is 2.86. The minimum Gasteiger partial charge on any atom is -0.481 e. The third-order valence-corrected chi connectivity index (χ3v) is 3.86. The summed E-state index contributed by atoms with van der Waals surface area (Å²) >= 11 is 0. The first-order valence-electron chi connectivity index (χ1n) is 5.19. The smallest absolute Gasteiger partial charge is 0.404 e. The van der Waals surface area contributed by atoms with Crippen LogP contribution in [0.3, 0.4) is 0 Å². The molecule has 1 aliphatic heterocycles. The van der Waals surface area contributed by atoms with Crippen LogP contribution in [0.1, 0.15) is 25.7 Å². The van der Waals surface area contributed by atoms with Gasteiger partial charge in [-0.15, -0.1) is 0 Å². The number of carbonyl (C=O) groups is 1. The predicted octanol–water partition coefficient (Wildman–Crippen LogP) is 2.21. The number of alkyl halides is 3. The quantitative estimate of drug-likeness (QED) is 0.761. The topological polar surface area (TPSA) is 46.5 Å². The van der Waals surface area contributed by atoms with E-state index in [1.165, 1.54) is 0 Å². The second-order valence-corrected chi connectivity index (χ2v) is 4.85. The van der Waals surface area contributed by atoms with Gasteiger partial charge in [0.25, 0.3) is 0 Å². The Labute approximate surface area is 90.6 Å². The molecule has 0 aromatic heterocycles. The molecule has 3 nitrogen and oxygen atoms in total. The summed E-state index contributed by atoms with van der Waals surface area (Å²) in [6.45, 7) is 0.876. The Morgan fingerprint density at radius 1 is 1.19 bits per heavy atom. The Morgan fingerprint density at radius 3 is 2.06 bits per heavy atom. The van der Waals surface area contributed by atoms with Crippen molar-refractivity contribution in [3.05, 3.63) is 0 Å². The Kier molecular flexibility index (Phi) is 2.45. The van der Waals surface area contributed by atoms with E-state index in [0.29, 0.717) is 26.1 Å². The average molecular weight is 238 g/mol. The fourth-order valence-electron chi connectivity index (χ4n) is 2.86. The Hall–Kier alpha value is -0.780. The molecule has 1 saturated carbocycles. The molecular weight excluding hydrogens is 225 g/mol. The summed E-state index contributed by atoms with van der Waals surface area (Å²) in [6.07, 6.45) is -4.15. The summed E-state index contributed by atoms with van der Waals surface area (Å²) in [7, 11) is 0. The Bertz CT molecular complexity index is 297. The van der Waals surface area contributed by atoms with Gasteiger partial charge in [0.1, 0.15) is 0 Å². The van der Waals surface area contributed by atoms with E-state index in [1.807, 2.05) is 0 Å². The monoisotopic (exact) mass is 238 g/mol. The standard InChI is InChI=1S/C10H13F3O3/c11-10(12,13)9(7(14)15)5-8(6-9)1-3-16-4-2-8/h1-6H2,(H,14,15). The SMILES string of the molecule is O=C(O)C1(C(F)(F)F)CC2(CCOCC2)C1. The Balaban J connectivity index is 2.14. The molecule has 6 heteroatoms. The highest BCUT2D eigenvalue weighted by atomic mass is 19.4. The number of halogens is 3. The summed E-state index contributed by atoms with van der Waals surface area (Å²) in [4.78, 5) is 10.8. The van der Waals surface area contributed by atoms with Gasteiger partial charge in [0.05, 0.1) is 0 Å². The molecule has 2 rings (SSSR count). The first-order chi connectivity index (χ1) is 7.31. The lowest BCUT2D eigenvalue weighted by atomic mass is 9.49. The van der Waals surface area contributed by atoms with Gasteiger partial charge < -0.3 is 9.84 Å². The third-order valence-electron chi connectivity index (χ3n) is 3.86. The highest BCUT2D eigenvalue weighted by molar-refractivity contribution is 5.77. The summed E-state index contributed by atoms with van der Waals surface area (Å²) in [5, 5.41) is 8.78. The van der Waals surface area contributed by atoms with Crippen molar-refractivity contribution in [1.82, 2.24) is 0 Å². The molecule has 16 heavy (non-hydrogen) atoms. The summed E-state index contributed by atoms with van der Waals surface area (Å²) < 4.78 is 43.3. The summed E-state index contributed by atoms with van der Waals surface area (Å²) in [5.41, 5.74) is -2.96. The normalized spacial score (nSPS) is 27.4. The molecule has 0 unspecified atom stereocenters. The molecule has 1 heterocycles. The largest absolute Gasteiger partial charge is 0.481 e. The van der Waals surface area contributed by atoms with Gasteiger partial charge in [-0.3, -0.25) is 4.79 Å². The molecule has 1 spiro atoms. The van der Waals surface area contributed by atoms with E-state index >= 15 is 0 Å². The molecule has 0 atom stereocenters. The lowest BCUT2D eigenvalue weighted by Crippen LogP contribution is -2.60. The van der Waals surface area contributed by atoms with E-state index in [4.69, 9.17) is 9.84 Å². The van der Waals surface area contributed by atoms with E-state index in [9.17, 15) is 18.0 Å². The van der Waals surface area contributed by atoms with Crippen molar-refractivity contribution in [2.75, 3.05) is 13.2 Å². The van der Waals surface area contributed by atoms with Crippen LogP contribution in [0.15, 0.2) is 0 Å². The van der Waals surface area contributed by atoms with Crippen molar-refractivity contribution in [2.45, 2.75) is 31.9 Å². The number of aliphatic carboxylic acids is 1. The zero-order chi connectivity index (χ0) is 12.0. The summed E-state index contributed by atoms with van der Waals surface area (Å²) in [5.74, 6) is -1.74. The molecule has 2 fully saturated rings. The van der Waals surface area contributed by atoms with Gasteiger partial charge in [-0.25, -0.2) is 0 Å². The van der Waals surface area contributed by atoms with E-state index in [2.05, 4.69) is 0 Å². The van der Waals surface area contributed by atoms with Crippen molar-refractivity contribution in [2.24, 2.45) is 10.8 Å². The number of hydrogen-bond donors (Lipinski definition) is 1. The molecule has 0 radical (unpaired) electrons. The van der Waals surface area contributed by atoms with Crippen LogP contribution in [-0.4, -0.2) is 30.5 Å². The van der Waals surface area contributed by atoms with Crippen LogP contribution in [0, 0.1) is 10.8 Å². The van der Waals surface area contributed by atoms with E-state index in [-0.39, 0.29) is 12.8 Å². The third kappa shape index (κ3) is 1.50. The van der Waals surface area contributed by atoms with Crippen LogP contribution in [0.2, 0.25) is 0 Å². The molecule has 1 N–H and O–H groups in total. The Morgan fingerprint density at radius 2 is 1.69 bits per heavy atom. The molecule has 92 valence electrons. The van der Waals surface area contributed by atoms with Crippen molar-refractivity contribution in [1.29, 1.82) is 0 Å². The highest BCUT2D eigenvalue weighted by Crippen LogP contribution is 2.65. The van der Waals surface area contributed by atoms with Gasteiger partial charge in [-0.05, 0) is 31.1 Å². The zero-order valence-corrected chi connectivity index (χ0v) is 8.64. The summed E-state index contributed by atoms with van der Waals surface area (Å²) in [6, 6.07) is 0. The molecule has 0 aromatic rings. The van der Waals surface area contributed by atoms with Crippen molar-refractivity contribution in [3.8, 4) is 0 Å². The minimum atomic E-state index is -4.65. The number of carboxylic acids is 1. The van der Waals surface area contributed by atoms with E-state index in [0.717, 1.165) is 0 Å². The van der Waals surface area contributed by atoms with Gasteiger partial charge >= 0.3 is 12.1 Å². The van der Waals surface area contributed by atoms with Gasteiger partial charge in [0, 0.05) is 13.2 Å². The fraction of sp³-hybridized carbons (Fsp3) is 0.900. The molecule has 1 saturated heterocycles. The van der Waals surface area contributed by atoms with Crippen molar-refractivity contribution < 1.29 is 27.8 Å². The van der Waals surface area contributed by atoms with Gasteiger partial charge in [-0.2, -0.15) is 13.2 Å². The van der Waals surface area contributed by atoms with Crippen LogP contribution in [0.25, 0.3) is 0 Å². The molecule has 2 aliphatic rings. The lowest BCUT2D eigenvalue weighted by Gasteiger charge is -2.55. The number of carboxylic acid groups (broad SMARTS) is 1. The average Bonchev–Trinajstić information content (AvgIpc) is 2.12. The first-order valence-corrected chi connectivity index (χ1v) is 5.19. The maximum atomic E-state index is 12.7. The molecular formula is C10H13F3O3. The van der Waals surface area contributed by atoms with Crippen LogP contribution in [0.5, 0.6) is 0 Å². The van der Waals surface area contributed by atoms with Gasteiger partial charge in [0.15, 0.2) is 5.41 Å². The second kappa shape index (κ2) is 3.35. The highest BCUT2D eigenvalue weighted by Gasteiger charge is 2.71. The van der Waals surface area contributed by atoms with Gasteiger partial charge in [-0.1, -0.05) is 0 Å². The molecule has 1 aliphatic carbocycles. The van der Waals surface area contributed by atoms with Crippen molar-refractivity contribution >= 4 is 5.97 Å². The van der Waals surface area contributed by atoms with Crippen LogP contribution < -0.4 is 0 Å². The second-order valence-electron chi connectivity index (χ2n) is 4.85. The number of rotatable bonds is 1. The maximum Gasteiger partial charge on any atom is 0.404 e. The minimum absolute atomic E-state index is 0.289. The number of ether oxygens (including phenoxy) is 1. The molecule has 0 amide bonds. The first kappa shape index (κ1) is 11.7. The van der Waals surface area contributed by atoms with Gasteiger partial charge in [0.2, 0.25) is 0 Å². The molecule has 0 aromatic carbocycles. The van der Waals surface area contributed by atoms with E-state index in [1.54, 1.807) is 0 Å².